The van der Waals surface area contributed by atoms with E-state index in [4.69, 9.17) is 45.9 Å². The van der Waals surface area contributed by atoms with Gasteiger partial charge in [0.25, 0.3) is 0 Å². The minimum atomic E-state index is -1.29. The zero-order chi connectivity index (χ0) is 84.5. The Kier molecular flexibility index (Phi) is 54.9. The van der Waals surface area contributed by atoms with E-state index < -0.39 is 155 Å². The van der Waals surface area contributed by atoms with Crippen LogP contribution in [0.2, 0.25) is 0 Å². The number of unbranched alkanes of at least 4 members (excludes halogenated alkanes) is 6. The fraction of sp³-hybridized carbons (Fsp3) is 0.833. The molecule has 0 saturated carbocycles. The van der Waals surface area contributed by atoms with Gasteiger partial charge < -0.3 is 110 Å². The Morgan fingerprint density at radius 2 is 0.333 bits per heavy atom. The minimum Gasteiger partial charge on any atom is -0.368 e. The highest BCUT2D eigenvalue weighted by Gasteiger charge is 2.38. The average Bonchev–Trinajstić information content (AvgIpc) is 0.857. The largest absolute Gasteiger partial charge is 0.368 e. The second kappa shape index (κ2) is 58.7. The van der Waals surface area contributed by atoms with Crippen LogP contribution >= 0.6 is 0 Å². The minimum absolute atomic E-state index is 0.00417. The lowest BCUT2D eigenvalue weighted by atomic mass is 9.98. The molecule has 0 bridgehead atoms. The smallest absolute Gasteiger partial charge is 0.243 e. The molecule has 33 heteroatoms. The van der Waals surface area contributed by atoms with E-state index in [-0.39, 0.29) is 138 Å². The van der Waals surface area contributed by atoms with Crippen LogP contribution in [0, 0.1) is 41.4 Å². The first kappa shape index (κ1) is 104. The van der Waals surface area contributed by atoms with E-state index in [0.717, 1.165) is 0 Å². The van der Waals surface area contributed by atoms with Crippen molar-refractivity contribution in [3.8, 4) is 0 Å². The van der Waals surface area contributed by atoms with Crippen molar-refractivity contribution in [1.29, 1.82) is 0 Å². The summed E-state index contributed by atoms with van der Waals surface area (Å²) in [4.78, 5) is 185. The van der Waals surface area contributed by atoms with Crippen LogP contribution in [0.25, 0.3) is 0 Å². The predicted molar refractivity (Wildman–Crippen MR) is 434 cm³/mol. The topological polar surface area (TPSA) is 574 Å². The number of hydrogen-bond donors (Lipinski definition) is 20. The molecule has 0 saturated heterocycles. The number of nitrogens with one attached hydrogen (secondary N) is 12. The van der Waals surface area contributed by atoms with Crippen LogP contribution < -0.4 is 110 Å². The van der Waals surface area contributed by atoms with Crippen LogP contribution in [0.1, 0.15) is 257 Å². The lowest BCUT2D eigenvalue weighted by molar-refractivity contribution is -0.137. The summed E-state index contributed by atoms with van der Waals surface area (Å²) in [6.07, 6.45) is 7.64. The van der Waals surface area contributed by atoms with Gasteiger partial charge in [-0.25, -0.2) is 0 Å². The number of hydrogen-bond acceptors (Lipinski definition) is 20. The highest BCUT2D eigenvalue weighted by molar-refractivity contribution is 6.00. The summed E-state index contributed by atoms with van der Waals surface area (Å²) in [5, 5.41) is 33.7. The van der Waals surface area contributed by atoms with E-state index >= 15 is 0 Å². The summed E-state index contributed by atoms with van der Waals surface area (Å²) < 4.78 is 0. The van der Waals surface area contributed by atoms with Gasteiger partial charge in [-0.05, 0) is 235 Å². The molecule has 28 N–H and O–H groups in total. The quantitative estimate of drug-likeness (QED) is 0.0373. The van der Waals surface area contributed by atoms with Gasteiger partial charge in [0, 0.05) is 0 Å². The molecule has 0 fully saturated rings. The van der Waals surface area contributed by atoms with Crippen molar-refractivity contribution in [2.45, 2.75) is 336 Å². The van der Waals surface area contributed by atoms with Crippen molar-refractivity contribution < 1.29 is 62.3 Å². The maximum atomic E-state index is 14.8. The fourth-order valence-electron chi connectivity index (χ4n) is 12.7. The van der Waals surface area contributed by atoms with Crippen LogP contribution in [-0.4, -0.2) is 195 Å². The Balaban J connectivity index is 7.27. The number of amides is 13. The molecule has 13 atom stereocenters. The molecule has 13 amide bonds. The molecule has 0 aliphatic heterocycles. The predicted octanol–water partition coefficient (Wildman–Crippen LogP) is 0.713. The summed E-state index contributed by atoms with van der Waals surface area (Å²) in [6, 6.07) is -15.2. The standard InChI is InChI=1S/C78H152N20O13/c1-46(2)39-59(66(86)99)92-69(102)56(30-18-24-36-82)90-74(107)61(41-48(5)6)97-77(110)64(44-51(11)12)94-71(104)57(31-19-25-37-83)88-68(101)55(29-17-23-35-81)89-73(106)60(40-47(3)4)96-78(111)65(45-52(13)14)95-72(105)58(32-20-26-38-84)91-75(108)62(42-49(7)8)98-76(109)63(43-50(9)10)93-70(103)54(28-16-22-34-80)87-67(100)53(85)27-15-21-33-79/h46-65H,15-45,79-85H2,1-14H3,(H2,86,99)(H,87,100)(H,88,101)(H,89,106)(H,90,107)(H,91,108)(H,92,102)(H,93,103)(H,94,104)(H,95,105)(H,96,111)(H,97,110)(H,98,109)/t53-,54-,55-,56-,57-,58-,59-,60-,61-,62-,63-,64-,65-/m0/s1. The van der Waals surface area contributed by atoms with E-state index in [1.807, 2.05) is 96.9 Å². The van der Waals surface area contributed by atoms with Crippen molar-refractivity contribution in [2.24, 2.45) is 87.3 Å². The van der Waals surface area contributed by atoms with Crippen LogP contribution in [0.15, 0.2) is 0 Å². The van der Waals surface area contributed by atoms with Gasteiger partial charge in [0.15, 0.2) is 0 Å². The molecule has 0 unspecified atom stereocenters. The maximum Gasteiger partial charge on any atom is 0.243 e. The first-order chi connectivity index (χ1) is 52.3. The molecule has 642 valence electrons. The van der Waals surface area contributed by atoms with E-state index in [2.05, 4.69) is 63.8 Å². The first-order valence-corrected chi connectivity index (χ1v) is 41.2. The molecule has 0 aliphatic rings. The third kappa shape index (κ3) is 46.0. The highest BCUT2D eigenvalue weighted by atomic mass is 16.2. The molecular weight excluding hydrogens is 1420 g/mol. The molecule has 0 aromatic rings. The van der Waals surface area contributed by atoms with E-state index in [9.17, 15) is 62.3 Å². The number of carbonyl (C=O) groups is 13. The molecule has 33 nitrogen and oxygen atoms in total. The summed E-state index contributed by atoms with van der Waals surface area (Å²) in [6.45, 7) is 27.8. The third-order valence-corrected chi connectivity index (χ3v) is 18.6. The molecule has 0 radical (unpaired) electrons. The monoisotopic (exact) mass is 1580 g/mol. The van der Waals surface area contributed by atoms with Gasteiger partial charge in [-0.1, -0.05) is 103 Å². The Labute approximate surface area is 662 Å². The second-order valence-electron chi connectivity index (χ2n) is 32.9. The molecule has 0 rings (SSSR count). The summed E-state index contributed by atoms with van der Waals surface area (Å²) in [5.74, 6) is -10.0. The number of primary amides is 1. The molecule has 0 spiro atoms. The normalized spacial score (nSPS) is 15.2. The average molecular weight is 1580 g/mol. The van der Waals surface area contributed by atoms with Gasteiger partial charge in [-0.15, -0.1) is 0 Å². The van der Waals surface area contributed by atoms with Crippen molar-refractivity contribution in [3.05, 3.63) is 0 Å². The summed E-state index contributed by atoms with van der Waals surface area (Å²) >= 11 is 0. The first-order valence-electron chi connectivity index (χ1n) is 41.2. The molecule has 0 aromatic heterocycles. The lowest BCUT2D eigenvalue weighted by Crippen LogP contribution is -2.61. The van der Waals surface area contributed by atoms with Gasteiger partial charge in [0.1, 0.15) is 72.5 Å². The Bertz CT molecular complexity index is 2780. The van der Waals surface area contributed by atoms with Crippen molar-refractivity contribution >= 4 is 76.8 Å². The van der Waals surface area contributed by atoms with Crippen LogP contribution in [-0.2, 0) is 62.3 Å². The van der Waals surface area contributed by atoms with Gasteiger partial charge in [0.2, 0.25) is 76.8 Å². The Morgan fingerprint density at radius 3 is 0.495 bits per heavy atom. The van der Waals surface area contributed by atoms with E-state index in [1.54, 1.807) is 0 Å². The third-order valence-electron chi connectivity index (χ3n) is 18.6. The van der Waals surface area contributed by atoms with Gasteiger partial charge in [0.05, 0.1) is 6.04 Å². The maximum absolute atomic E-state index is 14.8. The van der Waals surface area contributed by atoms with Gasteiger partial charge in [-0.2, -0.15) is 0 Å². The van der Waals surface area contributed by atoms with Crippen molar-refractivity contribution in [1.82, 2.24) is 63.8 Å². The Hall–Kier alpha value is -7.17. The lowest BCUT2D eigenvalue weighted by Gasteiger charge is -2.30. The molecule has 0 aliphatic carbocycles. The summed E-state index contributed by atoms with van der Waals surface area (Å²) in [5.41, 5.74) is 46.8. The SMILES string of the molecule is CC(C)C[C@H](NC(=O)[C@H](CCCCN)NC(=O)[C@H](CC(C)C)NC(=O)[C@H](CC(C)C)NC(=O)[C@H](CCCCN)NC(=O)[C@H](CCCCN)NC(=O)[C@H](CC(C)C)NC(=O)[C@H](CC(C)C)NC(=O)[C@H](CCCCN)NC(=O)[C@H](CC(C)C)NC(=O)[C@H](CC(C)C)NC(=O)[C@H](CCCCN)NC(=O)[C@@H](N)CCCCN)C(N)=O. The van der Waals surface area contributed by atoms with Crippen LogP contribution in [0.4, 0.5) is 0 Å². The number of nitrogens with two attached hydrogens (primary N) is 8. The van der Waals surface area contributed by atoms with Crippen LogP contribution in [0.5, 0.6) is 0 Å². The highest BCUT2D eigenvalue weighted by Crippen LogP contribution is 2.18. The zero-order valence-corrected chi connectivity index (χ0v) is 69.9. The van der Waals surface area contributed by atoms with Gasteiger partial charge >= 0.3 is 0 Å². The van der Waals surface area contributed by atoms with Crippen molar-refractivity contribution in [3.63, 3.8) is 0 Å². The summed E-state index contributed by atoms with van der Waals surface area (Å²) in [7, 11) is 0. The fourth-order valence-corrected chi connectivity index (χ4v) is 12.7. The number of rotatable bonds is 63. The zero-order valence-electron chi connectivity index (χ0n) is 69.9. The van der Waals surface area contributed by atoms with Crippen LogP contribution in [0.3, 0.4) is 0 Å². The van der Waals surface area contributed by atoms with E-state index in [0.29, 0.717) is 103 Å². The molecule has 0 heterocycles. The second-order valence-corrected chi connectivity index (χ2v) is 32.9. The van der Waals surface area contributed by atoms with Gasteiger partial charge in [-0.3, -0.25) is 62.3 Å². The molecule has 0 aromatic carbocycles. The van der Waals surface area contributed by atoms with E-state index in [1.165, 1.54) is 0 Å². The molecular formula is C78H152N20O13. The Morgan fingerprint density at radius 1 is 0.198 bits per heavy atom. The molecule has 111 heavy (non-hydrogen) atoms. The number of carbonyl (C=O) groups excluding carboxylic acids is 13. The van der Waals surface area contributed by atoms with Crippen molar-refractivity contribution in [2.75, 3.05) is 39.3 Å².